The first-order valence-electron chi connectivity index (χ1n) is 20.5. The summed E-state index contributed by atoms with van der Waals surface area (Å²) in [6, 6.07) is 0. The molecule has 0 atom stereocenters. The fourth-order valence-corrected chi connectivity index (χ4v) is 22.3. The Labute approximate surface area is 318 Å². The van der Waals surface area contributed by atoms with Gasteiger partial charge in [-0.3, -0.25) is 0 Å². The van der Waals surface area contributed by atoms with Crippen LogP contribution in [-0.2, 0) is 38.8 Å². The van der Waals surface area contributed by atoms with Gasteiger partial charge in [0, 0.05) is 21.1 Å². The molecule has 12 fully saturated rings. The summed E-state index contributed by atoms with van der Waals surface area (Å²) in [7, 11) is -4.38. The second-order valence-electron chi connectivity index (χ2n) is 21.0. The second kappa shape index (κ2) is 14.5. The summed E-state index contributed by atoms with van der Waals surface area (Å²) in [5.74, 6) is 8.89. The van der Waals surface area contributed by atoms with Crippen molar-refractivity contribution in [1.82, 2.24) is 0 Å². The Bertz CT molecular complexity index is 968. The first kappa shape index (κ1) is 38.2. The summed E-state index contributed by atoms with van der Waals surface area (Å²) >= 11 is 0. The number of hydrogen-bond acceptors (Lipinski definition) is 4. The summed E-state index contributed by atoms with van der Waals surface area (Å²) < 4.78 is 26.6. The molecule has 4 nitrogen and oxygen atoms in total. The van der Waals surface area contributed by atoms with E-state index in [-0.39, 0.29) is 21.1 Å². The smallest absolute Gasteiger partial charge is 0.332 e. The molecule has 0 N–H and O–H groups in total. The maximum absolute atomic E-state index is 6.87. The largest absolute Gasteiger partial charge is 0.449 e. The molecule has 0 amide bonds. The third-order valence-corrected chi connectivity index (χ3v) is 22.6. The Balaban J connectivity index is 0.000000276. The molecule has 8 heteroatoms. The van der Waals surface area contributed by atoms with Gasteiger partial charge in [-0.25, -0.2) is 0 Å². The van der Waals surface area contributed by atoms with Crippen LogP contribution < -0.4 is 0 Å². The third-order valence-electron chi connectivity index (χ3n) is 15.4. The van der Waals surface area contributed by atoms with E-state index in [2.05, 4.69) is 39.3 Å². The van der Waals surface area contributed by atoms with Crippen molar-refractivity contribution >= 4 is 25.2 Å². The molecule has 12 aliphatic carbocycles. The maximum atomic E-state index is 6.87. The molecular formula is C41H69O4PPtSi2. The standard InChI is InChI=1S/C33H51O3P.C8H18OSi2.Pt/c1-22-2-24-3-23(1)11-31(10-22,12-24)19-34-37(35-20-32-13-25-4-26(14-32)6-27(5-25)15-32)36-21-33-16-28-7-29(17-33)9-30(8-28)18-33;1-7-10(3,4)9-11(5,6)8-2;/h22-30H,1-21H2;7-8H,1-2H2,3-6H3;. The molecule has 0 aliphatic heterocycles. The normalized spacial score (nSPS) is 45.8. The Morgan fingerprint density at radius 1 is 0.469 bits per heavy atom. The fourth-order valence-electron chi connectivity index (χ4n) is 14.8. The van der Waals surface area contributed by atoms with Gasteiger partial charge in [-0.15, -0.1) is 13.2 Å². The maximum Gasteiger partial charge on any atom is 0.332 e. The van der Waals surface area contributed by atoms with Crippen LogP contribution >= 0.6 is 8.60 Å². The monoisotopic (exact) mass is 907 g/mol. The minimum Gasteiger partial charge on any atom is -0.449 e. The molecule has 0 radical (unpaired) electrons. The van der Waals surface area contributed by atoms with Gasteiger partial charge in [-0.05, 0) is 211 Å². The number of hydrogen-bond donors (Lipinski definition) is 0. The average Bonchev–Trinajstić information content (AvgIpc) is 2.99. The van der Waals surface area contributed by atoms with Crippen LogP contribution in [-0.4, -0.2) is 36.5 Å². The first-order valence-corrected chi connectivity index (χ1v) is 27.5. The molecule has 0 saturated heterocycles. The molecule has 280 valence electrons. The van der Waals surface area contributed by atoms with Gasteiger partial charge in [0.15, 0.2) is 16.6 Å². The zero-order valence-corrected chi connectivity index (χ0v) is 36.7. The Morgan fingerprint density at radius 2 is 0.673 bits per heavy atom. The van der Waals surface area contributed by atoms with Crippen LogP contribution in [0.15, 0.2) is 24.6 Å². The van der Waals surface area contributed by atoms with Crippen LogP contribution in [0.2, 0.25) is 26.2 Å². The Morgan fingerprint density at radius 3 is 0.857 bits per heavy atom. The van der Waals surface area contributed by atoms with Crippen molar-refractivity contribution in [2.24, 2.45) is 69.5 Å². The predicted molar refractivity (Wildman–Crippen MR) is 203 cm³/mol. The molecule has 0 heterocycles. The molecule has 0 aromatic heterocycles. The van der Waals surface area contributed by atoms with Crippen LogP contribution in [0.25, 0.3) is 0 Å². The van der Waals surface area contributed by atoms with Crippen LogP contribution in [0, 0.1) is 69.5 Å². The van der Waals surface area contributed by atoms with Crippen molar-refractivity contribution < 1.29 is 38.8 Å². The molecule has 12 saturated carbocycles. The summed E-state index contributed by atoms with van der Waals surface area (Å²) in [6.45, 7) is 18.9. The van der Waals surface area contributed by atoms with E-state index in [1.807, 2.05) is 11.4 Å². The second-order valence-corrected chi connectivity index (χ2v) is 30.3. The van der Waals surface area contributed by atoms with Crippen molar-refractivity contribution in [2.75, 3.05) is 19.8 Å². The molecule has 12 aliphatic rings. The molecule has 12 bridgehead atoms. The predicted octanol–water partition coefficient (Wildman–Crippen LogP) is 11.8. The minimum absolute atomic E-state index is 0. The van der Waals surface area contributed by atoms with Gasteiger partial charge in [-0.1, -0.05) is 11.4 Å². The van der Waals surface area contributed by atoms with Crippen LogP contribution in [0.1, 0.15) is 116 Å². The van der Waals surface area contributed by atoms with E-state index in [0.29, 0.717) is 16.2 Å². The van der Waals surface area contributed by atoms with Crippen LogP contribution in [0.4, 0.5) is 0 Å². The van der Waals surface area contributed by atoms with Crippen molar-refractivity contribution in [1.29, 1.82) is 0 Å². The summed E-state index contributed by atoms with van der Waals surface area (Å²) in [5, 5.41) is 0. The Kier molecular flexibility index (Phi) is 11.3. The van der Waals surface area contributed by atoms with Crippen LogP contribution in [0.5, 0.6) is 0 Å². The van der Waals surface area contributed by atoms with Gasteiger partial charge in [-0.2, -0.15) is 0 Å². The van der Waals surface area contributed by atoms with Gasteiger partial charge in [0.1, 0.15) is 0 Å². The van der Waals surface area contributed by atoms with E-state index in [1.165, 1.54) is 116 Å². The molecule has 0 aromatic rings. The third kappa shape index (κ3) is 8.58. The van der Waals surface area contributed by atoms with Gasteiger partial charge in [0.05, 0.1) is 19.8 Å². The minimum atomic E-state index is -1.58. The van der Waals surface area contributed by atoms with Gasteiger partial charge in [0.25, 0.3) is 0 Å². The molecule has 0 spiro atoms. The average molecular weight is 908 g/mol. The summed E-state index contributed by atoms with van der Waals surface area (Å²) in [5.41, 5.74) is 5.27. The quantitative estimate of drug-likeness (QED) is 0.136. The van der Waals surface area contributed by atoms with Crippen molar-refractivity contribution in [2.45, 2.75) is 142 Å². The van der Waals surface area contributed by atoms with Gasteiger partial charge in [0.2, 0.25) is 0 Å². The molecule has 0 aromatic carbocycles. The van der Waals surface area contributed by atoms with E-state index in [9.17, 15) is 0 Å². The molecule has 0 unspecified atom stereocenters. The van der Waals surface area contributed by atoms with Crippen LogP contribution in [0.3, 0.4) is 0 Å². The summed E-state index contributed by atoms with van der Waals surface area (Å²) in [6.07, 6.45) is 26.4. The number of rotatable bonds is 13. The zero-order valence-electron chi connectivity index (χ0n) is 31.5. The Hall–Kier alpha value is 0.872. The summed E-state index contributed by atoms with van der Waals surface area (Å²) in [4.78, 5) is 0. The van der Waals surface area contributed by atoms with E-state index < -0.39 is 25.2 Å². The van der Waals surface area contributed by atoms with Gasteiger partial charge >= 0.3 is 8.60 Å². The van der Waals surface area contributed by atoms with Gasteiger partial charge < -0.3 is 17.7 Å². The molecule has 49 heavy (non-hydrogen) atoms. The first-order chi connectivity index (χ1) is 22.8. The van der Waals surface area contributed by atoms with E-state index in [0.717, 1.165) is 73.1 Å². The van der Waals surface area contributed by atoms with Crippen molar-refractivity contribution in [3.05, 3.63) is 24.6 Å². The molecule has 12 rings (SSSR count). The van der Waals surface area contributed by atoms with Crippen molar-refractivity contribution in [3.63, 3.8) is 0 Å². The fraction of sp³-hybridized carbons (Fsp3) is 0.902. The SMILES string of the molecule is C1C2CC3CC1CC(COP(OCC14CC5CC(CC(C5)C1)C4)OCC14CC5CC(CC(C5)C1)C4)(C2)C3.C=C[Si](C)(C)O[Si](C)(C)C=C.[Pt]. The van der Waals surface area contributed by atoms with E-state index >= 15 is 0 Å². The van der Waals surface area contributed by atoms with Crippen molar-refractivity contribution in [3.8, 4) is 0 Å². The van der Waals surface area contributed by atoms with E-state index in [4.69, 9.17) is 17.7 Å². The molecular weight excluding hydrogens is 839 g/mol. The van der Waals surface area contributed by atoms with E-state index in [1.54, 1.807) is 0 Å². The zero-order chi connectivity index (χ0) is 33.4. The topological polar surface area (TPSA) is 36.9 Å².